The van der Waals surface area contributed by atoms with Crippen molar-refractivity contribution in [3.8, 4) is 0 Å². The van der Waals surface area contributed by atoms with Crippen LogP contribution in [0.2, 0.25) is 0 Å². The van der Waals surface area contributed by atoms with E-state index in [1.54, 1.807) is 6.08 Å². The first-order chi connectivity index (χ1) is 8.39. The fourth-order valence-corrected chi connectivity index (χ4v) is 1.92. The number of hydrogen-bond donors (Lipinski definition) is 0. The molecule has 1 heterocycles. The summed E-state index contributed by atoms with van der Waals surface area (Å²) in [4.78, 5) is 11.2. The zero-order valence-electron chi connectivity index (χ0n) is 10.7. The van der Waals surface area contributed by atoms with Gasteiger partial charge in [-0.15, -0.1) is 0 Å². The predicted octanol–water partition coefficient (Wildman–Crippen LogP) is 4.17. The normalized spacial score (nSPS) is 21.1. The summed E-state index contributed by atoms with van der Waals surface area (Å²) in [6.07, 6.45) is 18.6. The summed E-state index contributed by atoms with van der Waals surface area (Å²) in [5.41, 5.74) is 0. The molecule has 96 valence electrons. The summed E-state index contributed by atoms with van der Waals surface area (Å²) in [5, 5.41) is 0. The van der Waals surface area contributed by atoms with Crippen LogP contribution in [-0.2, 0) is 9.53 Å². The van der Waals surface area contributed by atoms with Crippen LogP contribution in [0.3, 0.4) is 0 Å². The van der Waals surface area contributed by atoms with Crippen molar-refractivity contribution in [3.63, 3.8) is 0 Å². The van der Waals surface area contributed by atoms with Crippen molar-refractivity contribution in [1.82, 2.24) is 0 Å². The van der Waals surface area contributed by atoms with Crippen LogP contribution in [0.4, 0.5) is 0 Å². The fourth-order valence-electron chi connectivity index (χ4n) is 1.92. The quantitative estimate of drug-likeness (QED) is 0.466. The van der Waals surface area contributed by atoms with Gasteiger partial charge in [-0.1, -0.05) is 43.9 Å². The monoisotopic (exact) mass is 236 g/mol. The first kappa shape index (κ1) is 14.0. The number of rotatable bonds is 0. The lowest BCUT2D eigenvalue weighted by Crippen LogP contribution is -2.01. The first-order valence-electron chi connectivity index (χ1n) is 6.88. The molecule has 2 heteroatoms. The lowest BCUT2D eigenvalue weighted by molar-refractivity contribution is -0.137. The molecular formula is C15H24O2. The summed E-state index contributed by atoms with van der Waals surface area (Å²) >= 11 is 0. The molecule has 0 aromatic heterocycles. The van der Waals surface area contributed by atoms with Crippen LogP contribution in [0.1, 0.15) is 57.8 Å². The molecule has 0 unspecified atom stereocenters. The van der Waals surface area contributed by atoms with Gasteiger partial charge in [0, 0.05) is 6.08 Å². The third kappa shape index (κ3) is 8.73. The molecule has 0 spiro atoms. The van der Waals surface area contributed by atoms with Crippen molar-refractivity contribution in [2.75, 3.05) is 6.61 Å². The van der Waals surface area contributed by atoms with Crippen LogP contribution in [0.5, 0.6) is 0 Å². The fraction of sp³-hybridized carbons (Fsp3) is 0.667. The van der Waals surface area contributed by atoms with Crippen molar-refractivity contribution in [2.45, 2.75) is 57.8 Å². The van der Waals surface area contributed by atoms with Gasteiger partial charge in [0.1, 0.15) is 0 Å². The molecule has 0 fully saturated rings. The maximum atomic E-state index is 11.2. The van der Waals surface area contributed by atoms with Crippen molar-refractivity contribution >= 4 is 5.97 Å². The lowest BCUT2D eigenvalue weighted by Gasteiger charge is -2.01. The molecule has 0 saturated carbocycles. The van der Waals surface area contributed by atoms with Gasteiger partial charge in [-0.2, -0.15) is 0 Å². The zero-order valence-corrected chi connectivity index (χ0v) is 10.7. The number of carbonyl (C=O) groups is 1. The van der Waals surface area contributed by atoms with E-state index in [0.29, 0.717) is 6.61 Å². The molecule has 0 aromatic rings. The van der Waals surface area contributed by atoms with Gasteiger partial charge in [-0.05, 0) is 32.1 Å². The Balaban J connectivity index is 2.26. The van der Waals surface area contributed by atoms with E-state index in [1.807, 2.05) is 6.08 Å². The van der Waals surface area contributed by atoms with E-state index < -0.39 is 0 Å². The molecule has 1 aliphatic rings. The third-order valence-corrected chi connectivity index (χ3v) is 2.94. The van der Waals surface area contributed by atoms with Crippen LogP contribution in [0.25, 0.3) is 0 Å². The van der Waals surface area contributed by atoms with Gasteiger partial charge >= 0.3 is 5.97 Å². The van der Waals surface area contributed by atoms with E-state index in [-0.39, 0.29) is 5.97 Å². The van der Waals surface area contributed by atoms with E-state index in [0.717, 1.165) is 19.3 Å². The van der Waals surface area contributed by atoms with Crippen LogP contribution >= 0.6 is 0 Å². The number of hydrogen-bond acceptors (Lipinski definition) is 2. The summed E-state index contributed by atoms with van der Waals surface area (Å²) in [5.74, 6) is -0.203. The topological polar surface area (TPSA) is 26.3 Å². The highest BCUT2D eigenvalue weighted by atomic mass is 16.5. The van der Waals surface area contributed by atoms with E-state index in [9.17, 15) is 4.79 Å². The largest absolute Gasteiger partial charge is 0.462 e. The van der Waals surface area contributed by atoms with Gasteiger partial charge in [-0.3, -0.25) is 0 Å². The van der Waals surface area contributed by atoms with Crippen LogP contribution < -0.4 is 0 Å². The second-order valence-corrected chi connectivity index (χ2v) is 4.53. The molecule has 17 heavy (non-hydrogen) atoms. The average Bonchev–Trinajstić information content (AvgIpc) is 2.32. The molecule has 0 aromatic carbocycles. The van der Waals surface area contributed by atoms with Crippen molar-refractivity contribution < 1.29 is 9.53 Å². The molecule has 0 atom stereocenters. The van der Waals surface area contributed by atoms with Crippen LogP contribution in [-0.4, -0.2) is 12.6 Å². The van der Waals surface area contributed by atoms with Gasteiger partial charge in [0.05, 0.1) is 6.61 Å². The number of ether oxygens (including phenoxy) is 1. The minimum absolute atomic E-state index is 0.203. The zero-order chi connectivity index (χ0) is 12.2. The molecule has 0 saturated heterocycles. The number of carbonyl (C=O) groups excluding carboxylic acids is 1. The smallest absolute Gasteiger partial charge is 0.330 e. The highest BCUT2D eigenvalue weighted by Crippen LogP contribution is 2.09. The molecule has 0 amide bonds. The van der Waals surface area contributed by atoms with Crippen molar-refractivity contribution in [2.24, 2.45) is 0 Å². The van der Waals surface area contributed by atoms with Gasteiger partial charge in [-0.25, -0.2) is 4.79 Å². The summed E-state index contributed by atoms with van der Waals surface area (Å²) in [7, 11) is 0. The Morgan fingerprint density at radius 2 is 1.35 bits per heavy atom. The summed E-state index contributed by atoms with van der Waals surface area (Å²) in [6.45, 7) is 0.500. The van der Waals surface area contributed by atoms with E-state index in [1.165, 1.54) is 38.5 Å². The number of allylic oxidation sites excluding steroid dienone is 2. The predicted molar refractivity (Wildman–Crippen MR) is 70.8 cm³/mol. The van der Waals surface area contributed by atoms with E-state index in [4.69, 9.17) is 4.74 Å². The Bertz CT molecular complexity index is 254. The van der Waals surface area contributed by atoms with Crippen molar-refractivity contribution in [1.29, 1.82) is 0 Å². The number of cyclic esters (lactones) is 1. The van der Waals surface area contributed by atoms with Gasteiger partial charge in [0.2, 0.25) is 0 Å². The van der Waals surface area contributed by atoms with E-state index >= 15 is 0 Å². The van der Waals surface area contributed by atoms with Gasteiger partial charge < -0.3 is 4.74 Å². The average molecular weight is 236 g/mol. The lowest BCUT2D eigenvalue weighted by atomic mass is 10.1. The van der Waals surface area contributed by atoms with Crippen LogP contribution in [0.15, 0.2) is 24.3 Å². The van der Waals surface area contributed by atoms with Crippen LogP contribution in [0, 0.1) is 0 Å². The highest BCUT2D eigenvalue weighted by molar-refractivity contribution is 5.81. The SMILES string of the molecule is O=C1C=CCCCCCCCCC=CCCO1. The molecule has 1 aliphatic heterocycles. The maximum absolute atomic E-state index is 11.2. The van der Waals surface area contributed by atoms with E-state index in [2.05, 4.69) is 12.2 Å². The van der Waals surface area contributed by atoms with Gasteiger partial charge in [0.15, 0.2) is 0 Å². The Morgan fingerprint density at radius 3 is 2.12 bits per heavy atom. The molecular weight excluding hydrogens is 212 g/mol. The third-order valence-electron chi connectivity index (χ3n) is 2.94. The minimum atomic E-state index is -0.203. The Morgan fingerprint density at radius 1 is 0.765 bits per heavy atom. The molecule has 2 nitrogen and oxygen atoms in total. The summed E-state index contributed by atoms with van der Waals surface area (Å²) < 4.78 is 5.07. The Hall–Kier alpha value is -1.05. The second kappa shape index (κ2) is 10.1. The number of esters is 1. The minimum Gasteiger partial charge on any atom is -0.462 e. The second-order valence-electron chi connectivity index (χ2n) is 4.53. The first-order valence-corrected chi connectivity index (χ1v) is 6.88. The Labute approximate surface area is 105 Å². The molecule has 0 aliphatic carbocycles. The molecule has 0 radical (unpaired) electrons. The maximum Gasteiger partial charge on any atom is 0.330 e. The molecule has 0 bridgehead atoms. The standard InChI is InChI=1S/C15H24O2/c16-15-13-11-9-7-5-3-1-2-4-6-8-10-12-14-17-15/h8,10-11,13H,1-7,9,12,14H2. The molecule has 0 N–H and O–H groups in total. The van der Waals surface area contributed by atoms with Crippen molar-refractivity contribution in [3.05, 3.63) is 24.3 Å². The highest BCUT2D eigenvalue weighted by Gasteiger charge is 1.95. The summed E-state index contributed by atoms with van der Waals surface area (Å²) in [6, 6.07) is 0. The Kier molecular flexibility index (Phi) is 8.35. The molecule has 1 rings (SSSR count). The van der Waals surface area contributed by atoms with Gasteiger partial charge in [0.25, 0.3) is 0 Å².